The molecule has 0 spiro atoms. The zero-order valence-corrected chi connectivity index (χ0v) is 12.4. The number of nitrogens with zero attached hydrogens (tertiary/aromatic N) is 4. The van der Waals surface area contributed by atoms with Gasteiger partial charge in [-0.2, -0.15) is 23.5 Å². The van der Waals surface area contributed by atoms with E-state index in [9.17, 15) is 18.0 Å². The first kappa shape index (κ1) is 16.5. The standard InChI is InChI=1S/C15H13F3N4O/c1-21(8-11-5-3-10(7-19)4-6-11)14(23)12-9-22(2)20-13(12)15(16,17)18/h3-6,9H,8H2,1-2H3. The van der Waals surface area contributed by atoms with Gasteiger partial charge in [-0.1, -0.05) is 12.1 Å². The topological polar surface area (TPSA) is 61.9 Å². The number of benzene rings is 1. The van der Waals surface area contributed by atoms with Crippen molar-refractivity contribution >= 4 is 5.91 Å². The number of hydrogen-bond donors (Lipinski definition) is 0. The molecule has 0 unspecified atom stereocenters. The van der Waals surface area contributed by atoms with Gasteiger partial charge >= 0.3 is 6.18 Å². The van der Waals surface area contributed by atoms with Gasteiger partial charge in [0.05, 0.1) is 17.2 Å². The van der Waals surface area contributed by atoms with Gasteiger partial charge in [0.2, 0.25) is 0 Å². The Hall–Kier alpha value is -2.82. The van der Waals surface area contributed by atoms with Gasteiger partial charge in [-0.3, -0.25) is 9.48 Å². The van der Waals surface area contributed by atoms with Crippen LogP contribution in [0.2, 0.25) is 0 Å². The highest BCUT2D eigenvalue weighted by atomic mass is 19.4. The third-order valence-electron chi connectivity index (χ3n) is 3.18. The number of rotatable bonds is 3. The van der Waals surface area contributed by atoms with Gasteiger partial charge < -0.3 is 4.90 Å². The van der Waals surface area contributed by atoms with Crippen molar-refractivity contribution in [1.29, 1.82) is 5.26 Å². The smallest absolute Gasteiger partial charge is 0.337 e. The highest BCUT2D eigenvalue weighted by molar-refractivity contribution is 5.95. The summed E-state index contributed by atoms with van der Waals surface area (Å²) in [5.74, 6) is -0.769. The van der Waals surface area contributed by atoms with E-state index in [1.807, 2.05) is 6.07 Å². The van der Waals surface area contributed by atoms with Crippen molar-refractivity contribution in [2.24, 2.45) is 7.05 Å². The number of nitriles is 1. The predicted octanol–water partition coefficient (Wildman–Crippen LogP) is 2.58. The quantitative estimate of drug-likeness (QED) is 0.872. The lowest BCUT2D eigenvalue weighted by Gasteiger charge is -2.17. The van der Waals surface area contributed by atoms with Gasteiger partial charge in [-0.15, -0.1) is 0 Å². The molecule has 0 N–H and O–H groups in total. The number of carbonyl (C=O) groups excluding carboxylic acids is 1. The van der Waals surface area contributed by atoms with Crippen LogP contribution in [-0.4, -0.2) is 27.6 Å². The fourth-order valence-electron chi connectivity index (χ4n) is 2.09. The molecule has 0 saturated heterocycles. The molecule has 2 aromatic rings. The predicted molar refractivity (Wildman–Crippen MR) is 75.2 cm³/mol. The number of aromatic nitrogens is 2. The number of alkyl halides is 3. The Morgan fingerprint density at radius 3 is 2.48 bits per heavy atom. The lowest BCUT2D eigenvalue weighted by Crippen LogP contribution is -2.28. The molecule has 0 fully saturated rings. The molecule has 0 aliphatic carbocycles. The molecule has 1 heterocycles. The maximum Gasteiger partial charge on any atom is 0.435 e. The number of halogens is 3. The second-order valence-electron chi connectivity index (χ2n) is 5.03. The molecule has 0 aliphatic rings. The Morgan fingerprint density at radius 1 is 1.35 bits per heavy atom. The zero-order chi connectivity index (χ0) is 17.2. The van der Waals surface area contributed by atoms with E-state index in [0.717, 1.165) is 10.9 Å². The van der Waals surface area contributed by atoms with E-state index in [0.29, 0.717) is 11.1 Å². The molecule has 1 aromatic carbocycles. The number of hydrogen-bond acceptors (Lipinski definition) is 3. The zero-order valence-electron chi connectivity index (χ0n) is 12.4. The van der Waals surface area contributed by atoms with Crippen LogP contribution in [0.1, 0.15) is 27.2 Å². The number of carbonyl (C=O) groups is 1. The minimum absolute atomic E-state index is 0.122. The molecule has 0 atom stereocenters. The maximum atomic E-state index is 12.9. The Bertz CT molecular complexity index is 757. The summed E-state index contributed by atoms with van der Waals surface area (Å²) < 4.78 is 39.7. The molecule has 5 nitrogen and oxygen atoms in total. The molecule has 0 bridgehead atoms. The van der Waals surface area contributed by atoms with E-state index in [2.05, 4.69) is 5.10 Å². The van der Waals surface area contributed by atoms with E-state index in [4.69, 9.17) is 5.26 Å². The van der Waals surface area contributed by atoms with Crippen LogP contribution in [0.25, 0.3) is 0 Å². The first-order chi connectivity index (χ1) is 10.7. The van der Waals surface area contributed by atoms with E-state index < -0.39 is 23.3 Å². The van der Waals surface area contributed by atoms with Crippen LogP contribution in [-0.2, 0) is 19.8 Å². The van der Waals surface area contributed by atoms with Gasteiger partial charge in [0.1, 0.15) is 0 Å². The second kappa shape index (κ2) is 6.12. The third kappa shape index (κ3) is 3.69. The van der Waals surface area contributed by atoms with Crippen molar-refractivity contribution in [2.45, 2.75) is 12.7 Å². The van der Waals surface area contributed by atoms with Crippen molar-refractivity contribution in [3.8, 4) is 6.07 Å². The Balaban J connectivity index is 2.21. The highest BCUT2D eigenvalue weighted by Gasteiger charge is 2.39. The van der Waals surface area contributed by atoms with Gasteiger partial charge in [0, 0.05) is 26.8 Å². The molecule has 23 heavy (non-hydrogen) atoms. The van der Waals surface area contributed by atoms with E-state index in [-0.39, 0.29) is 6.54 Å². The second-order valence-corrected chi connectivity index (χ2v) is 5.03. The maximum absolute atomic E-state index is 12.9. The fourth-order valence-corrected chi connectivity index (χ4v) is 2.09. The van der Waals surface area contributed by atoms with Gasteiger partial charge in [0.15, 0.2) is 5.69 Å². The summed E-state index contributed by atoms with van der Waals surface area (Å²) >= 11 is 0. The van der Waals surface area contributed by atoms with E-state index >= 15 is 0 Å². The summed E-state index contributed by atoms with van der Waals surface area (Å²) in [5, 5.41) is 12.0. The van der Waals surface area contributed by atoms with Crippen LogP contribution < -0.4 is 0 Å². The summed E-state index contributed by atoms with van der Waals surface area (Å²) in [7, 11) is 2.74. The van der Waals surface area contributed by atoms with Crippen molar-refractivity contribution in [3.63, 3.8) is 0 Å². The lowest BCUT2D eigenvalue weighted by molar-refractivity contribution is -0.141. The first-order valence-corrected chi connectivity index (χ1v) is 6.57. The van der Waals surface area contributed by atoms with Crippen LogP contribution in [0.15, 0.2) is 30.5 Å². The normalized spacial score (nSPS) is 11.1. The van der Waals surface area contributed by atoms with Crippen LogP contribution in [0, 0.1) is 11.3 Å². The van der Waals surface area contributed by atoms with Gasteiger partial charge in [-0.25, -0.2) is 0 Å². The SMILES string of the molecule is CN(Cc1ccc(C#N)cc1)C(=O)c1cn(C)nc1C(F)(F)F. The molecule has 8 heteroatoms. The molecule has 1 aromatic heterocycles. The third-order valence-corrected chi connectivity index (χ3v) is 3.18. The molecule has 2 rings (SSSR count). The summed E-state index contributed by atoms with van der Waals surface area (Å²) in [6.07, 6.45) is -3.64. The van der Waals surface area contributed by atoms with E-state index in [1.54, 1.807) is 24.3 Å². The Morgan fingerprint density at radius 2 is 1.96 bits per heavy atom. The Labute approximate surface area is 130 Å². The molecule has 120 valence electrons. The first-order valence-electron chi connectivity index (χ1n) is 6.57. The summed E-state index contributed by atoms with van der Waals surface area (Å²) in [4.78, 5) is 13.4. The molecule has 1 amide bonds. The molecule has 0 aliphatic heterocycles. The van der Waals surface area contributed by atoms with Crippen LogP contribution in [0.5, 0.6) is 0 Å². The van der Waals surface area contributed by atoms with Crippen molar-refractivity contribution < 1.29 is 18.0 Å². The largest absolute Gasteiger partial charge is 0.435 e. The minimum Gasteiger partial charge on any atom is -0.337 e. The van der Waals surface area contributed by atoms with Crippen LogP contribution in [0.4, 0.5) is 13.2 Å². The summed E-state index contributed by atoms with van der Waals surface area (Å²) in [6.45, 7) is 0.122. The minimum atomic E-state index is -4.69. The van der Waals surface area contributed by atoms with Crippen molar-refractivity contribution in [2.75, 3.05) is 7.05 Å². The van der Waals surface area contributed by atoms with Crippen molar-refractivity contribution in [1.82, 2.24) is 14.7 Å². The fraction of sp³-hybridized carbons (Fsp3) is 0.267. The number of amides is 1. The molecular formula is C15H13F3N4O. The highest BCUT2D eigenvalue weighted by Crippen LogP contribution is 2.31. The molecule has 0 saturated carbocycles. The lowest BCUT2D eigenvalue weighted by atomic mass is 10.1. The van der Waals surface area contributed by atoms with Gasteiger partial charge in [-0.05, 0) is 17.7 Å². The van der Waals surface area contributed by atoms with Crippen LogP contribution in [0.3, 0.4) is 0 Å². The molecular weight excluding hydrogens is 309 g/mol. The molecule has 0 radical (unpaired) electrons. The number of aryl methyl sites for hydroxylation is 1. The average molecular weight is 322 g/mol. The van der Waals surface area contributed by atoms with Crippen LogP contribution >= 0.6 is 0 Å². The van der Waals surface area contributed by atoms with Crippen molar-refractivity contribution in [3.05, 3.63) is 52.8 Å². The monoisotopic (exact) mass is 322 g/mol. The summed E-state index contributed by atoms with van der Waals surface area (Å²) in [6, 6.07) is 8.43. The Kier molecular flexibility index (Phi) is 4.40. The van der Waals surface area contributed by atoms with Gasteiger partial charge in [0.25, 0.3) is 5.91 Å². The summed E-state index contributed by atoms with van der Waals surface area (Å²) in [5.41, 5.74) is -0.514. The average Bonchev–Trinajstić information content (AvgIpc) is 2.89. The van der Waals surface area contributed by atoms with E-state index in [1.165, 1.54) is 19.0 Å².